The van der Waals surface area contributed by atoms with Crippen LogP contribution in [0.25, 0.3) is 0 Å². The second kappa shape index (κ2) is 8.94. The van der Waals surface area contributed by atoms with Crippen molar-refractivity contribution >= 4 is 17.5 Å². The Balaban J connectivity index is 2.05. The summed E-state index contributed by atoms with van der Waals surface area (Å²) in [5, 5.41) is 5.63. The Morgan fingerprint density at radius 2 is 1.92 bits per heavy atom. The molecule has 0 radical (unpaired) electrons. The Morgan fingerprint density at radius 3 is 2.68 bits per heavy atom. The molecule has 0 saturated carbocycles. The van der Waals surface area contributed by atoms with Crippen LogP contribution in [-0.2, 0) is 4.74 Å². The summed E-state index contributed by atoms with van der Waals surface area (Å²) < 4.78 is 4.94. The summed E-state index contributed by atoms with van der Waals surface area (Å²) in [5.74, 6) is -0.581. The smallest absolute Gasteiger partial charge is 0.274 e. The van der Waals surface area contributed by atoms with Gasteiger partial charge in [0, 0.05) is 37.7 Å². The molecule has 1 heterocycles. The number of carbonyl (C=O) groups excluding carboxylic acids is 2. The SMILES string of the molecule is COCCCNC(=O)c1ccnc(C(=O)Nc2cc(C)ccc2C)c1. The van der Waals surface area contributed by atoms with Gasteiger partial charge in [0.15, 0.2) is 0 Å². The predicted molar refractivity (Wildman–Crippen MR) is 96.9 cm³/mol. The molecule has 6 heteroatoms. The Kier molecular flexibility index (Phi) is 6.65. The molecule has 1 aromatic heterocycles. The topological polar surface area (TPSA) is 80.3 Å². The van der Waals surface area contributed by atoms with Gasteiger partial charge in [0.1, 0.15) is 5.69 Å². The molecule has 2 rings (SSSR count). The Morgan fingerprint density at radius 1 is 1.12 bits per heavy atom. The summed E-state index contributed by atoms with van der Waals surface area (Å²) in [7, 11) is 1.62. The zero-order valence-electron chi connectivity index (χ0n) is 14.8. The summed E-state index contributed by atoms with van der Waals surface area (Å²) in [5.41, 5.74) is 3.36. The molecule has 1 aromatic carbocycles. The number of aromatic nitrogens is 1. The third-order valence-corrected chi connectivity index (χ3v) is 3.71. The molecule has 0 aliphatic heterocycles. The fraction of sp³-hybridized carbons (Fsp3) is 0.316. The molecule has 0 fully saturated rings. The Hall–Kier alpha value is -2.73. The quantitative estimate of drug-likeness (QED) is 0.759. The van der Waals surface area contributed by atoms with Crippen LogP contribution in [0, 0.1) is 13.8 Å². The van der Waals surface area contributed by atoms with Crippen molar-refractivity contribution in [3.63, 3.8) is 0 Å². The highest BCUT2D eigenvalue weighted by Gasteiger charge is 2.13. The maximum atomic E-state index is 12.4. The fourth-order valence-corrected chi connectivity index (χ4v) is 2.27. The number of anilines is 1. The van der Waals surface area contributed by atoms with Gasteiger partial charge in [-0.2, -0.15) is 0 Å². The van der Waals surface area contributed by atoms with E-state index >= 15 is 0 Å². The van der Waals surface area contributed by atoms with Crippen molar-refractivity contribution in [2.45, 2.75) is 20.3 Å². The minimum atomic E-state index is -0.345. The van der Waals surface area contributed by atoms with Crippen LogP contribution in [0.15, 0.2) is 36.5 Å². The number of carbonyl (C=O) groups is 2. The highest BCUT2D eigenvalue weighted by molar-refractivity contribution is 6.05. The number of aryl methyl sites for hydroxylation is 2. The van der Waals surface area contributed by atoms with E-state index in [1.165, 1.54) is 12.3 Å². The first-order valence-corrected chi connectivity index (χ1v) is 8.13. The first kappa shape index (κ1) is 18.6. The van der Waals surface area contributed by atoms with Crippen molar-refractivity contribution in [3.05, 3.63) is 58.9 Å². The van der Waals surface area contributed by atoms with E-state index in [1.807, 2.05) is 32.0 Å². The van der Waals surface area contributed by atoms with E-state index in [0.717, 1.165) is 23.2 Å². The van der Waals surface area contributed by atoms with Gasteiger partial charge in [-0.25, -0.2) is 0 Å². The lowest BCUT2D eigenvalue weighted by molar-refractivity contribution is 0.0948. The lowest BCUT2D eigenvalue weighted by Crippen LogP contribution is -2.26. The molecule has 0 atom stereocenters. The second-order valence-corrected chi connectivity index (χ2v) is 5.80. The molecule has 0 bridgehead atoms. The monoisotopic (exact) mass is 341 g/mol. The highest BCUT2D eigenvalue weighted by atomic mass is 16.5. The molecule has 0 spiro atoms. The second-order valence-electron chi connectivity index (χ2n) is 5.80. The van der Waals surface area contributed by atoms with Crippen LogP contribution in [0.3, 0.4) is 0 Å². The van der Waals surface area contributed by atoms with Gasteiger partial charge in [-0.05, 0) is 49.6 Å². The van der Waals surface area contributed by atoms with Gasteiger partial charge in [-0.3, -0.25) is 14.6 Å². The number of hydrogen-bond donors (Lipinski definition) is 2. The molecule has 0 unspecified atom stereocenters. The van der Waals surface area contributed by atoms with E-state index in [2.05, 4.69) is 15.6 Å². The largest absolute Gasteiger partial charge is 0.385 e. The zero-order chi connectivity index (χ0) is 18.2. The minimum Gasteiger partial charge on any atom is -0.385 e. The number of benzene rings is 1. The first-order valence-electron chi connectivity index (χ1n) is 8.13. The summed E-state index contributed by atoms with van der Waals surface area (Å²) in [6.07, 6.45) is 2.19. The molecular formula is C19H23N3O3. The number of nitrogens with one attached hydrogen (secondary N) is 2. The van der Waals surface area contributed by atoms with Crippen LogP contribution in [0.5, 0.6) is 0 Å². The number of ether oxygens (including phenoxy) is 1. The van der Waals surface area contributed by atoms with Crippen molar-refractivity contribution in [1.82, 2.24) is 10.3 Å². The van der Waals surface area contributed by atoms with Crippen molar-refractivity contribution in [1.29, 1.82) is 0 Å². The summed E-state index contributed by atoms with van der Waals surface area (Å²) in [6, 6.07) is 8.91. The van der Waals surface area contributed by atoms with Gasteiger partial charge in [0.25, 0.3) is 11.8 Å². The standard InChI is InChI=1S/C19H23N3O3/c1-13-5-6-14(2)16(11-13)22-19(24)17-12-15(7-9-20-17)18(23)21-8-4-10-25-3/h5-7,9,11-12H,4,8,10H2,1-3H3,(H,21,23)(H,22,24). The fourth-order valence-electron chi connectivity index (χ4n) is 2.27. The lowest BCUT2D eigenvalue weighted by Gasteiger charge is -2.10. The van der Waals surface area contributed by atoms with E-state index in [4.69, 9.17) is 4.74 Å². The molecule has 0 aliphatic rings. The van der Waals surface area contributed by atoms with Crippen molar-refractivity contribution < 1.29 is 14.3 Å². The molecule has 132 valence electrons. The van der Waals surface area contributed by atoms with Crippen LogP contribution in [0.1, 0.15) is 38.4 Å². The molecular weight excluding hydrogens is 318 g/mol. The van der Waals surface area contributed by atoms with Crippen LogP contribution in [-0.4, -0.2) is 37.1 Å². The molecule has 0 aliphatic carbocycles. The Bertz CT molecular complexity index is 759. The van der Waals surface area contributed by atoms with Crippen molar-refractivity contribution in [2.24, 2.45) is 0 Å². The van der Waals surface area contributed by atoms with Gasteiger partial charge in [-0.1, -0.05) is 12.1 Å². The van der Waals surface area contributed by atoms with Gasteiger partial charge in [-0.15, -0.1) is 0 Å². The van der Waals surface area contributed by atoms with Crippen molar-refractivity contribution in [3.8, 4) is 0 Å². The zero-order valence-corrected chi connectivity index (χ0v) is 14.8. The van der Waals surface area contributed by atoms with E-state index in [9.17, 15) is 9.59 Å². The average Bonchev–Trinajstić information content (AvgIpc) is 2.61. The summed E-state index contributed by atoms with van der Waals surface area (Å²) in [4.78, 5) is 28.6. The molecule has 0 saturated heterocycles. The summed E-state index contributed by atoms with van der Waals surface area (Å²) in [6.45, 7) is 4.98. The van der Waals surface area contributed by atoms with Gasteiger partial charge in [0.2, 0.25) is 0 Å². The molecule has 2 amide bonds. The number of nitrogens with zero attached hydrogens (tertiary/aromatic N) is 1. The van der Waals surface area contributed by atoms with E-state index < -0.39 is 0 Å². The average molecular weight is 341 g/mol. The van der Waals surface area contributed by atoms with Crippen molar-refractivity contribution in [2.75, 3.05) is 25.6 Å². The number of pyridine rings is 1. The highest BCUT2D eigenvalue weighted by Crippen LogP contribution is 2.17. The first-order chi connectivity index (χ1) is 12.0. The van der Waals surface area contributed by atoms with Gasteiger partial charge in [0.05, 0.1) is 0 Å². The van der Waals surface area contributed by atoms with E-state index in [1.54, 1.807) is 13.2 Å². The number of amides is 2. The summed E-state index contributed by atoms with van der Waals surface area (Å²) >= 11 is 0. The minimum absolute atomic E-state index is 0.199. The molecule has 2 N–H and O–H groups in total. The maximum Gasteiger partial charge on any atom is 0.274 e. The van der Waals surface area contributed by atoms with E-state index in [-0.39, 0.29) is 17.5 Å². The normalized spacial score (nSPS) is 10.4. The Labute approximate surface area is 147 Å². The number of hydrogen-bond acceptors (Lipinski definition) is 4. The lowest BCUT2D eigenvalue weighted by atomic mass is 10.1. The third kappa shape index (κ3) is 5.39. The third-order valence-electron chi connectivity index (χ3n) is 3.71. The predicted octanol–water partition coefficient (Wildman–Crippen LogP) is 2.72. The van der Waals surface area contributed by atoms with Crippen LogP contribution in [0.4, 0.5) is 5.69 Å². The van der Waals surface area contributed by atoms with E-state index in [0.29, 0.717) is 18.7 Å². The van der Waals surface area contributed by atoms with Gasteiger partial charge >= 0.3 is 0 Å². The van der Waals surface area contributed by atoms with Crippen LogP contribution >= 0.6 is 0 Å². The van der Waals surface area contributed by atoms with Crippen LogP contribution in [0.2, 0.25) is 0 Å². The van der Waals surface area contributed by atoms with Gasteiger partial charge < -0.3 is 15.4 Å². The number of rotatable bonds is 7. The molecule has 6 nitrogen and oxygen atoms in total. The number of methoxy groups -OCH3 is 1. The molecule has 2 aromatic rings. The van der Waals surface area contributed by atoms with Crippen LogP contribution < -0.4 is 10.6 Å². The maximum absolute atomic E-state index is 12.4. The molecule has 25 heavy (non-hydrogen) atoms.